The molecule has 0 nitrogen and oxygen atoms in total. The van der Waals surface area contributed by atoms with Crippen LogP contribution in [0.15, 0.2) is 24.3 Å². The van der Waals surface area contributed by atoms with E-state index in [2.05, 4.69) is 40.4 Å². The van der Waals surface area contributed by atoms with Gasteiger partial charge in [0.25, 0.3) is 0 Å². The smallest absolute Gasteiger partial charge is 0.0279 e. The van der Waals surface area contributed by atoms with Crippen molar-refractivity contribution in [3.8, 4) is 0 Å². The molecule has 1 unspecified atom stereocenters. The highest BCUT2D eigenvalue weighted by molar-refractivity contribution is 7.27. The van der Waals surface area contributed by atoms with E-state index in [1.54, 1.807) is 0 Å². The van der Waals surface area contributed by atoms with Crippen LogP contribution in [0.4, 0.5) is 0 Å². The van der Waals surface area contributed by atoms with E-state index in [9.17, 15) is 0 Å². The maximum atomic E-state index is 2.70. The molecule has 0 bridgehead atoms. The zero-order valence-corrected chi connectivity index (χ0v) is 8.16. The van der Waals surface area contributed by atoms with Crippen molar-refractivity contribution in [2.45, 2.75) is 26.2 Å². The first kappa shape index (κ1) is 8.74. The van der Waals surface area contributed by atoms with Gasteiger partial charge in [-0.3, -0.25) is 0 Å². The summed E-state index contributed by atoms with van der Waals surface area (Å²) in [5.41, 5.74) is 1.46. The van der Waals surface area contributed by atoms with E-state index in [0.29, 0.717) is 0 Å². The molecule has 0 aliphatic rings. The van der Waals surface area contributed by atoms with Gasteiger partial charge in [0.05, 0.1) is 0 Å². The van der Waals surface area contributed by atoms with Gasteiger partial charge in [0.15, 0.2) is 0 Å². The van der Waals surface area contributed by atoms with Crippen molar-refractivity contribution in [2.24, 2.45) is 0 Å². The molecule has 0 aliphatic carbocycles. The molecule has 0 spiro atoms. The van der Waals surface area contributed by atoms with Crippen molar-refractivity contribution in [3.05, 3.63) is 29.8 Å². The number of hydrogen-bond acceptors (Lipinski definition) is 0. The molecule has 0 fully saturated rings. The SMILES string of the molecule is CCCCc1ccc(P)cc1. The fourth-order valence-electron chi connectivity index (χ4n) is 1.07. The summed E-state index contributed by atoms with van der Waals surface area (Å²) >= 11 is 0. The van der Waals surface area contributed by atoms with Gasteiger partial charge in [-0.25, -0.2) is 0 Å². The lowest BCUT2D eigenvalue weighted by Crippen LogP contribution is -1.90. The topological polar surface area (TPSA) is 0 Å². The Morgan fingerprint density at radius 2 is 1.82 bits per heavy atom. The van der Waals surface area contributed by atoms with E-state index in [0.717, 1.165) is 0 Å². The van der Waals surface area contributed by atoms with Crippen LogP contribution in [0.5, 0.6) is 0 Å². The Kier molecular flexibility index (Phi) is 3.59. The van der Waals surface area contributed by atoms with Crippen molar-refractivity contribution in [2.75, 3.05) is 0 Å². The molecule has 0 aromatic heterocycles. The Labute approximate surface area is 71.2 Å². The largest absolute Gasteiger partial charge is 0.106 e. The molecule has 0 saturated heterocycles. The molecule has 1 atom stereocenters. The number of aryl methyl sites for hydroxylation is 1. The number of rotatable bonds is 3. The van der Waals surface area contributed by atoms with Crippen LogP contribution < -0.4 is 5.30 Å². The van der Waals surface area contributed by atoms with Gasteiger partial charge in [-0.05, 0) is 23.7 Å². The molecule has 1 heteroatoms. The molecule has 0 N–H and O–H groups in total. The predicted molar refractivity (Wildman–Crippen MR) is 54.4 cm³/mol. The van der Waals surface area contributed by atoms with E-state index in [1.807, 2.05) is 0 Å². The highest BCUT2D eigenvalue weighted by Crippen LogP contribution is 2.03. The maximum absolute atomic E-state index is 2.70. The summed E-state index contributed by atoms with van der Waals surface area (Å²) in [5.74, 6) is 0. The molecule has 0 amide bonds. The van der Waals surface area contributed by atoms with E-state index in [1.165, 1.54) is 30.1 Å². The third-order valence-corrected chi connectivity index (χ3v) is 2.18. The second kappa shape index (κ2) is 4.51. The third-order valence-electron chi connectivity index (χ3n) is 1.80. The fraction of sp³-hybridized carbons (Fsp3) is 0.400. The molecule has 1 rings (SSSR count). The van der Waals surface area contributed by atoms with Gasteiger partial charge in [-0.1, -0.05) is 37.6 Å². The molecule has 0 saturated carbocycles. The average molecular weight is 166 g/mol. The van der Waals surface area contributed by atoms with Crippen LogP contribution in [0.3, 0.4) is 0 Å². The van der Waals surface area contributed by atoms with Crippen LogP contribution in [0.2, 0.25) is 0 Å². The quantitative estimate of drug-likeness (QED) is 0.605. The van der Waals surface area contributed by atoms with Crippen molar-refractivity contribution >= 4 is 14.5 Å². The van der Waals surface area contributed by atoms with Gasteiger partial charge in [0.1, 0.15) is 0 Å². The van der Waals surface area contributed by atoms with Crippen LogP contribution in [0.25, 0.3) is 0 Å². The van der Waals surface area contributed by atoms with Crippen LogP contribution in [0.1, 0.15) is 25.3 Å². The minimum atomic E-state index is 1.22. The van der Waals surface area contributed by atoms with E-state index >= 15 is 0 Å². The van der Waals surface area contributed by atoms with Gasteiger partial charge >= 0.3 is 0 Å². The van der Waals surface area contributed by atoms with Gasteiger partial charge < -0.3 is 0 Å². The Hall–Kier alpha value is -0.350. The highest BCUT2D eigenvalue weighted by Gasteiger charge is 1.90. The third kappa shape index (κ3) is 3.03. The lowest BCUT2D eigenvalue weighted by molar-refractivity contribution is 0.795. The first-order valence-electron chi connectivity index (χ1n) is 4.17. The second-order valence-electron chi connectivity index (χ2n) is 2.85. The Bertz CT molecular complexity index is 201. The Morgan fingerprint density at radius 1 is 1.18 bits per heavy atom. The number of unbranched alkanes of at least 4 members (excludes halogenated alkanes) is 1. The molecule has 60 valence electrons. The van der Waals surface area contributed by atoms with E-state index in [4.69, 9.17) is 0 Å². The minimum Gasteiger partial charge on any atom is -0.106 e. The average Bonchev–Trinajstić information content (AvgIpc) is 2.04. The monoisotopic (exact) mass is 166 g/mol. The van der Waals surface area contributed by atoms with E-state index < -0.39 is 0 Å². The highest BCUT2D eigenvalue weighted by atomic mass is 31.0. The molecule has 0 radical (unpaired) electrons. The number of benzene rings is 1. The fourth-order valence-corrected chi connectivity index (χ4v) is 1.26. The molecule has 11 heavy (non-hydrogen) atoms. The van der Waals surface area contributed by atoms with Crippen LogP contribution >= 0.6 is 9.24 Å². The first-order chi connectivity index (χ1) is 5.33. The second-order valence-corrected chi connectivity index (χ2v) is 3.51. The van der Waals surface area contributed by atoms with Gasteiger partial charge in [-0.15, -0.1) is 9.24 Å². The summed E-state index contributed by atoms with van der Waals surface area (Å²) in [6, 6.07) is 8.71. The normalized spacial score (nSPS) is 10.0. The Balaban J connectivity index is 2.52. The van der Waals surface area contributed by atoms with Crippen molar-refractivity contribution in [3.63, 3.8) is 0 Å². The lowest BCUT2D eigenvalue weighted by atomic mass is 10.1. The predicted octanol–water partition coefficient (Wildman–Crippen LogP) is 2.53. The standard InChI is InChI=1S/C10H15P/c1-2-3-4-9-5-7-10(11)8-6-9/h5-8H,2-4,11H2,1H3. The van der Waals surface area contributed by atoms with Crippen LogP contribution in [-0.4, -0.2) is 0 Å². The zero-order valence-electron chi connectivity index (χ0n) is 7.01. The molecule has 0 heterocycles. The van der Waals surface area contributed by atoms with E-state index in [-0.39, 0.29) is 0 Å². The molecule has 1 aromatic rings. The van der Waals surface area contributed by atoms with Gasteiger partial charge in [0.2, 0.25) is 0 Å². The molecular weight excluding hydrogens is 151 g/mol. The summed E-state index contributed by atoms with van der Waals surface area (Å²) in [6.45, 7) is 2.23. The van der Waals surface area contributed by atoms with Crippen molar-refractivity contribution < 1.29 is 0 Å². The van der Waals surface area contributed by atoms with Gasteiger partial charge in [-0.2, -0.15) is 0 Å². The van der Waals surface area contributed by atoms with Crippen molar-refractivity contribution in [1.82, 2.24) is 0 Å². The summed E-state index contributed by atoms with van der Waals surface area (Å²) < 4.78 is 0. The molecule has 1 aromatic carbocycles. The minimum absolute atomic E-state index is 1.22. The van der Waals surface area contributed by atoms with Crippen LogP contribution in [0, 0.1) is 0 Å². The summed E-state index contributed by atoms with van der Waals surface area (Å²) in [5, 5.41) is 1.27. The lowest BCUT2D eigenvalue weighted by Gasteiger charge is -1.98. The first-order valence-corrected chi connectivity index (χ1v) is 4.75. The summed E-state index contributed by atoms with van der Waals surface area (Å²) in [6.07, 6.45) is 3.81. The maximum Gasteiger partial charge on any atom is -0.0279 e. The molecule has 0 aliphatic heterocycles. The molecular formula is C10H15P. The van der Waals surface area contributed by atoms with Crippen molar-refractivity contribution in [1.29, 1.82) is 0 Å². The number of hydrogen-bond donors (Lipinski definition) is 0. The Morgan fingerprint density at radius 3 is 2.36 bits per heavy atom. The van der Waals surface area contributed by atoms with Gasteiger partial charge in [0, 0.05) is 0 Å². The summed E-state index contributed by atoms with van der Waals surface area (Å²) in [7, 11) is 2.70. The van der Waals surface area contributed by atoms with Crippen LogP contribution in [-0.2, 0) is 6.42 Å². The summed E-state index contributed by atoms with van der Waals surface area (Å²) in [4.78, 5) is 0. The zero-order chi connectivity index (χ0) is 8.10.